The third-order valence-corrected chi connectivity index (χ3v) is 3.09. The fourth-order valence-electron chi connectivity index (χ4n) is 1.50. The van der Waals surface area contributed by atoms with Gasteiger partial charge in [0.15, 0.2) is 0 Å². The minimum atomic E-state index is -0.619. The molecule has 0 spiro atoms. The molecule has 0 bridgehead atoms. The van der Waals surface area contributed by atoms with E-state index in [1.54, 1.807) is 12.1 Å². The van der Waals surface area contributed by atoms with Crippen LogP contribution in [0.1, 0.15) is 5.56 Å². The van der Waals surface area contributed by atoms with Gasteiger partial charge in [0.25, 0.3) is 0 Å². The van der Waals surface area contributed by atoms with Gasteiger partial charge in [-0.25, -0.2) is 4.79 Å². The number of para-hydroxylation sites is 1. The molecule has 1 amide bonds. The molecule has 0 saturated carbocycles. The van der Waals surface area contributed by atoms with Crippen LogP contribution in [0.3, 0.4) is 0 Å². The Hall–Kier alpha value is -2.01. The number of carbonyl (C=O) groups is 1. The van der Waals surface area contributed by atoms with Gasteiger partial charge >= 0.3 is 6.09 Å². The average Bonchev–Trinajstić information content (AvgIpc) is 2.42. The molecule has 0 aliphatic heterocycles. The quantitative estimate of drug-likeness (QED) is 0.843. The van der Waals surface area contributed by atoms with Crippen molar-refractivity contribution in [1.29, 1.82) is 0 Å². The van der Waals surface area contributed by atoms with Crippen LogP contribution in [0.4, 0.5) is 10.5 Å². The third kappa shape index (κ3) is 3.72. The molecule has 0 atom stereocenters. The van der Waals surface area contributed by atoms with Crippen LogP contribution >= 0.6 is 15.9 Å². The topological polar surface area (TPSA) is 58.6 Å². The summed E-state index contributed by atoms with van der Waals surface area (Å²) in [5, 5.41) is 12.1. The van der Waals surface area contributed by atoms with E-state index in [-0.39, 0.29) is 12.4 Å². The molecule has 0 saturated heterocycles. The van der Waals surface area contributed by atoms with Crippen LogP contribution < -0.4 is 5.32 Å². The molecule has 0 aromatic heterocycles. The van der Waals surface area contributed by atoms with Gasteiger partial charge < -0.3 is 9.84 Å². The second-order valence-electron chi connectivity index (χ2n) is 3.82. The highest BCUT2D eigenvalue weighted by molar-refractivity contribution is 9.10. The first-order chi connectivity index (χ1) is 9.16. The summed E-state index contributed by atoms with van der Waals surface area (Å²) in [7, 11) is 0. The van der Waals surface area contributed by atoms with Crippen molar-refractivity contribution in [2.45, 2.75) is 6.61 Å². The lowest BCUT2D eigenvalue weighted by molar-refractivity contribution is 0.155. The zero-order valence-corrected chi connectivity index (χ0v) is 11.6. The Morgan fingerprint density at radius 2 is 1.89 bits per heavy atom. The van der Waals surface area contributed by atoms with E-state index in [0.29, 0.717) is 10.2 Å². The van der Waals surface area contributed by atoms with Crippen LogP contribution in [0.2, 0.25) is 0 Å². The van der Waals surface area contributed by atoms with E-state index in [1.165, 1.54) is 6.07 Å². The molecule has 0 fully saturated rings. The maximum absolute atomic E-state index is 11.6. The second-order valence-corrected chi connectivity index (χ2v) is 4.68. The summed E-state index contributed by atoms with van der Waals surface area (Å²) >= 11 is 3.24. The number of amides is 1. The van der Waals surface area contributed by atoms with Crippen LogP contribution in [0.25, 0.3) is 0 Å². The van der Waals surface area contributed by atoms with Crippen molar-refractivity contribution in [1.82, 2.24) is 0 Å². The number of aromatic hydroxyl groups is 1. The molecule has 0 aliphatic rings. The van der Waals surface area contributed by atoms with Crippen LogP contribution in [0.5, 0.6) is 5.75 Å². The molecule has 0 unspecified atom stereocenters. The number of anilines is 1. The predicted molar refractivity (Wildman–Crippen MR) is 76.1 cm³/mol. The van der Waals surface area contributed by atoms with Crippen LogP contribution in [-0.4, -0.2) is 11.2 Å². The Morgan fingerprint density at radius 3 is 2.58 bits per heavy atom. The first kappa shape index (κ1) is 13.4. The summed E-state index contributed by atoms with van der Waals surface area (Å²) in [5.74, 6) is -0.0222. The number of carbonyl (C=O) groups excluding carboxylic acids is 1. The monoisotopic (exact) mass is 321 g/mol. The summed E-state index contributed by atoms with van der Waals surface area (Å²) in [6.07, 6.45) is -0.619. The number of hydrogen-bond acceptors (Lipinski definition) is 3. The van der Waals surface area contributed by atoms with Crippen molar-refractivity contribution in [2.75, 3.05) is 5.32 Å². The molecule has 0 aliphatic carbocycles. The van der Waals surface area contributed by atoms with Crippen molar-refractivity contribution in [2.24, 2.45) is 0 Å². The van der Waals surface area contributed by atoms with E-state index >= 15 is 0 Å². The number of benzene rings is 2. The molecule has 5 heteroatoms. The van der Waals surface area contributed by atoms with Crippen molar-refractivity contribution >= 4 is 27.7 Å². The van der Waals surface area contributed by atoms with Crippen LogP contribution in [-0.2, 0) is 11.3 Å². The summed E-state index contributed by atoms with van der Waals surface area (Å²) in [6.45, 7) is 0.178. The molecular formula is C14H12BrNO3. The zero-order chi connectivity index (χ0) is 13.7. The van der Waals surface area contributed by atoms with Gasteiger partial charge in [0.05, 0.1) is 0 Å². The lowest BCUT2D eigenvalue weighted by atomic mass is 10.2. The number of phenols is 1. The largest absolute Gasteiger partial charge is 0.506 e. The Bertz CT molecular complexity index is 552. The molecule has 2 aromatic carbocycles. The smallest absolute Gasteiger partial charge is 0.412 e. The zero-order valence-electron chi connectivity index (χ0n) is 9.97. The predicted octanol–water partition coefficient (Wildman–Crippen LogP) is 3.90. The van der Waals surface area contributed by atoms with Crippen molar-refractivity contribution < 1.29 is 14.6 Å². The van der Waals surface area contributed by atoms with E-state index in [2.05, 4.69) is 21.2 Å². The first-order valence-electron chi connectivity index (χ1n) is 5.62. The van der Waals surface area contributed by atoms with E-state index in [9.17, 15) is 9.90 Å². The molecular weight excluding hydrogens is 310 g/mol. The maximum Gasteiger partial charge on any atom is 0.412 e. The Morgan fingerprint density at radius 1 is 1.16 bits per heavy atom. The third-order valence-electron chi connectivity index (χ3n) is 2.43. The van der Waals surface area contributed by atoms with Gasteiger partial charge in [0, 0.05) is 4.47 Å². The molecule has 2 N–H and O–H groups in total. The van der Waals surface area contributed by atoms with E-state index in [4.69, 9.17) is 4.74 Å². The van der Waals surface area contributed by atoms with Gasteiger partial charge in [-0.1, -0.05) is 36.4 Å². The summed E-state index contributed by atoms with van der Waals surface area (Å²) in [5.41, 5.74) is 1.19. The van der Waals surface area contributed by atoms with Crippen molar-refractivity contribution in [3.63, 3.8) is 0 Å². The van der Waals surface area contributed by atoms with Gasteiger partial charge in [-0.3, -0.25) is 5.32 Å². The fraction of sp³-hybridized carbons (Fsp3) is 0.0714. The highest BCUT2D eigenvalue weighted by Crippen LogP contribution is 2.31. The lowest BCUT2D eigenvalue weighted by Crippen LogP contribution is -2.14. The fourth-order valence-corrected chi connectivity index (χ4v) is 1.95. The van der Waals surface area contributed by atoms with Gasteiger partial charge in [-0.2, -0.15) is 0 Å². The summed E-state index contributed by atoms with van der Waals surface area (Å²) in [4.78, 5) is 11.6. The standard InChI is InChI=1S/C14H12BrNO3/c15-11-7-4-8-12(17)13(11)16-14(18)19-9-10-5-2-1-3-6-10/h1-8,17H,9H2,(H,16,18). The normalized spacial score (nSPS) is 9.95. The van der Waals surface area contributed by atoms with Crippen LogP contribution in [0.15, 0.2) is 53.0 Å². The lowest BCUT2D eigenvalue weighted by Gasteiger charge is -2.09. The summed E-state index contributed by atoms with van der Waals surface area (Å²) < 4.78 is 5.65. The number of halogens is 1. The first-order valence-corrected chi connectivity index (χ1v) is 6.41. The minimum Gasteiger partial charge on any atom is -0.506 e. The van der Waals surface area contributed by atoms with Crippen molar-refractivity contribution in [3.05, 3.63) is 58.6 Å². The average molecular weight is 322 g/mol. The number of hydrogen-bond donors (Lipinski definition) is 2. The van der Waals surface area contributed by atoms with Crippen molar-refractivity contribution in [3.8, 4) is 5.75 Å². The number of ether oxygens (including phenoxy) is 1. The van der Waals surface area contributed by atoms with E-state index in [1.807, 2.05) is 30.3 Å². The Kier molecular flexibility index (Phi) is 4.41. The van der Waals surface area contributed by atoms with Gasteiger partial charge in [-0.15, -0.1) is 0 Å². The summed E-state index contributed by atoms with van der Waals surface area (Å²) in [6, 6.07) is 14.2. The molecule has 19 heavy (non-hydrogen) atoms. The molecule has 0 radical (unpaired) electrons. The molecule has 2 rings (SSSR count). The maximum atomic E-state index is 11.6. The molecule has 4 nitrogen and oxygen atoms in total. The van der Waals surface area contributed by atoms with Gasteiger partial charge in [-0.05, 0) is 33.6 Å². The molecule has 0 heterocycles. The molecule has 2 aromatic rings. The van der Waals surface area contributed by atoms with E-state index in [0.717, 1.165) is 5.56 Å². The minimum absolute atomic E-state index is 0.0222. The van der Waals surface area contributed by atoms with Gasteiger partial charge in [0.2, 0.25) is 0 Å². The number of nitrogens with one attached hydrogen (secondary N) is 1. The van der Waals surface area contributed by atoms with Crippen LogP contribution in [0, 0.1) is 0 Å². The SMILES string of the molecule is O=C(Nc1c(O)cccc1Br)OCc1ccccc1. The second kappa shape index (κ2) is 6.24. The highest BCUT2D eigenvalue weighted by atomic mass is 79.9. The van der Waals surface area contributed by atoms with E-state index < -0.39 is 6.09 Å². The molecule has 98 valence electrons. The Labute approximate surface area is 119 Å². The Balaban J connectivity index is 1.95. The highest BCUT2D eigenvalue weighted by Gasteiger charge is 2.10. The number of rotatable bonds is 3. The van der Waals surface area contributed by atoms with Gasteiger partial charge in [0.1, 0.15) is 18.0 Å². The number of phenolic OH excluding ortho intramolecular Hbond substituents is 1.